The molecule has 0 fully saturated rings. The Kier molecular flexibility index (Phi) is 11.7. The quantitative estimate of drug-likeness (QED) is 0.201. The molecule has 0 saturated heterocycles. The van der Waals surface area contributed by atoms with Crippen LogP contribution in [0.5, 0.6) is 17.2 Å². The minimum absolute atomic E-state index is 0.0642. The van der Waals surface area contributed by atoms with Gasteiger partial charge in [-0.15, -0.1) is 0 Å². The molecule has 18 heteroatoms. The third kappa shape index (κ3) is 7.67. The highest BCUT2D eigenvalue weighted by Crippen LogP contribution is 2.56. The first-order valence-corrected chi connectivity index (χ1v) is 15.4. The van der Waals surface area contributed by atoms with Crippen LogP contribution in [0.25, 0.3) is 22.3 Å². The number of allylic oxidation sites excluding steroid dienone is 2. The van der Waals surface area contributed by atoms with Gasteiger partial charge in [-0.05, 0) is 78.1 Å². The number of halogens is 12. The zero-order valence-corrected chi connectivity index (χ0v) is 29.6. The van der Waals surface area contributed by atoms with Crippen molar-refractivity contribution >= 4 is 11.1 Å². The molecular weight excluding hydrogens is 756 g/mol. The Balaban J connectivity index is 2.29. The van der Waals surface area contributed by atoms with Crippen molar-refractivity contribution in [1.29, 1.82) is 0 Å². The van der Waals surface area contributed by atoms with Crippen molar-refractivity contribution in [2.75, 3.05) is 42.7 Å². The fourth-order valence-corrected chi connectivity index (χ4v) is 6.58. The summed E-state index contributed by atoms with van der Waals surface area (Å²) in [6, 6.07) is 1.71. The molecule has 0 aromatic heterocycles. The van der Waals surface area contributed by atoms with E-state index in [1.165, 1.54) is 21.0 Å². The first kappa shape index (κ1) is 42.2. The van der Waals surface area contributed by atoms with Crippen LogP contribution in [-0.2, 0) is 38.9 Å². The largest absolute Gasteiger partial charge is 0.498 e. The van der Waals surface area contributed by atoms with Crippen LogP contribution in [0.2, 0.25) is 0 Å². The molecule has 0 spiro atoms. The fraction of sp³-hybridized carbons (Fsp3) is 0.389. The van der Waals surface area contributed by atoms with Crippen molar-refractivity contribution in [3.05, 3.63) is 86.7 Å². The molecule has 2 atom stereocenters. The van der Waals surface area contributed by atoms with E-state index in [4.69, 9.17) is 28.4 Å². The van der Waals surface area contributed by atoms with Gasteiger partial charge in [0.25, 0.3) is 0 Å². The standard InChI is InChI=1S/C36H32F12O6/c1-15-23(17-9-19(33(37,38)39)13-20(10-17)34(40,41)42)27(49-3)31(53-7)29(51-5)25(15)26-16(2)24(28(50-4)32(54-8)30(26)52-6)18-11-21(35(43,44)45)14-22(12-18)36(46,47)48/h9-14,29,31H,1-8H3. The summed E-state index contributed by atoms with van der Waals surface area (Å²) in [5.74, 6) is -1.20. The van der Waals surface area contributed by atoms with Crippen LogP contribution >= 0.6 is 0 Å². The van der Waals surface area contributed by atoms with Gasteiger partial charge in [-0.25, -0.2) is 0 Å². The summed E-state index contributed by atoms with van der Waals surface area (Å²) in [6.45, 7) is 2.59. The van der Waals surface area contributed by atoms with Crippen molar-refractivity contribution in [3.8, 4) is 28.4 Å². The molecule has 4 rings (SSSR count). The third-order valence-corrected chi connectivity index (χ3v) is 8.82. The van der Waals surface area contributed by atoms with Gasteiger partial charge in [0.1, 0.15) is 18.0 Å². The zero-order chi connectivity index (χ0) is 40.9. The lowest BCUT2D eigenvalue weighted by atomic mass is 9.77. The lowest BCUT2D eigenvalue weighted by Gasteiger charge is -2.37. The summed E-state index contributed by atoms with van der Waals surface area (Å²) in [6.07, 6.45) is -23.7. The van der Waals surface area contributed by atoms with Gasteiger partial charge in [0.15, 0.2) is 11.5 Å². The van der Waals surface area contributed by atoms with Gasteiger partial charge in [-0.2, -0.15) is 52.7 Å². The minimum atomic E-state index is -5.25. The molecule has 0 N–H and O–H groups in total. The van der Waals surface area contributed by atoms with Gasteiger partial charge in [0.05, 0.1) is 50.7 Å². The number of methoxy groups -OCH3 is 6. The molecule has 54 heavy (non-hydrogen) atoms. The Bertz CT molecular complexity index is 1910. The summed E-state index contributed by atoms with van der Waals surface area (Å²) < 4.78 is 202. The molecule has 0 saturated carbocycles. The maximum Gasteiger partial charge on any atom is 0.416 e. The van der Waals surface area contributed by atoms with Crippen LogP contribution < -0.4 is 14.2 Å². The van der Waals surface area contributed by atoms with Crippen molar-refractivity contribution in [2.24, 2.45) is 0 Å². The second kappa shape index (κ2) is 14.9. The van der Waals surface area contributed by atoms with Crippen LogP contribution in [0, 0.1) is 6.92 Å². The van der Waals surface area contributed by atoms with Crippen molar-refractivity contribution in [1.82, 2.24) is 0 Å². The van der Waals surface area contributed by atoms with Crippen LogP contribution in [0.3, 0.4) is 0 Å². The number of hydrogen-bond donors (Lipinski definition) is 0. The second-order valence-electron chi connectivity index (χ2n) is 11.9. The average Bonchev–Trinajstić information content (AvgIpc) is 3.08. The highest BCUT2D eigenvalue weighted by Gasteiger charge is 2.44. The van der Waals surface area contributed by atoms with Crippen molar-refractivity contribution < 1.29 is 81.1 Å². The van der Waals surface area contributed by atoms with Gasteiger partial charge in [0, 0.05) is 30.9 Å². The number of ether oxygens (including phenoxy) is 6. The Hall–Kier alpha value is -4.58. The van der Waals surface area contributed by atoms with E-state index in [0.29, 0.717) is 24.3 Å². The number of benzene rings is 3. The molecule has 0 radical (unpaired) electrons. The molecule has 1 aliphatic rings. The van der Waals surface area contributed by atoms with E-state index in [-0.39, 0.29) is 68.6 Å². The van der Waals surface area contributed by atoms with Crippen molar-refractivity contribution in [2.45, 2.75) is 50.8 Å². The molecule has 0 heterocycles. The highest BCUT2D eigenvalue weighted by molar-refractivity contribution is 5.99. The normalized spacial score (nSPS) is 17.3. The van der Waals surface area contributed by atoms with Gasteiger partial charge in [-0.3, -0.25) is 0 Å². The molecule has 6 nitrogen and oxygen atoms in total. The van der Waals surface area contributed by atoms with Crippen molar-refractivity contribution in [3.63, 3.8) is 0 Å². The van der Waals surface area contributed by atoms with E-state index in [0.717, 1.165) is 35.5 Å². The maximum absolute atomic E-state index is 14.0. The van der Waals surface area contributed by atoms with Gasteiger partial charge in [-0.1, -0.05) is 0 Å². The van der Waals surface area contributed by atoms with E-state index in [9.17, 15) is 52.7 Å². The molecule has 3 aromatic carbocycles. The summed E-state index contributed by atoms with van der Waals surface area (Å²) >= 11 is 0. The average molecular weight is 789 g/mol. The number of rotatable bonds is 9. The van der Waals surface area contributed by atoms with Gasteiger partial charge >= 0.3 is 24.7 Å². The molecule has 1 aliphatic carbocycles. The predicted molar refractivity (Wildman–Crippen MR) is 171 cm³/mol. The fourth-order valence-electron chi connectivity index (χ4n) is 6.58. The summed E-state index contributed by atoms with van der Waals surface area (Å²) in [5.41, 5.74) is -8.94. The minimum Gasteiger partial charge on any atom is -0.498 e. The topological polar surface area (TPSA) is 55.4 Å². The Morgan fingerprint density at radius 2 is 0.815 bits per heavy atom. The third-order valence-electron chi connectivity index (χ3n) is 8.82. The van der Waals surface area contributed by atoms with E-state index in [1.54, 1.807) is 0 Å². The SMILES string of the molecule is COC1=C(c2cc(C(F)(F)F)cc(C(F)(F)F)c2)C(C)=C(c2c(C)c(-c3cc(C(F)(F)F)cc(C(F)(F)F)c3)c(OC)c(OC)c2OC)C(OC)C1OC. The van der Waals surface area contributed by atoms with Crippen LogP contribution in [0.15, 0.2) is 47.7 Å². The zero-order valence-electron chi connectivity index (χ0n) is 29.6. The molecular formula is C36H32F12O6. The lowest BCUT2D eigenvalue weighted by molar-refractivity contribution is -0.144. The molecule has 0 amide bonds. The number of hydrogen-bond acceptors (Lipinski definition) is 6. The second-order valence-corrected chi connectivity index (χ2v) is 11.9. The van der Waals surface area contributed by atoms with Crippen LogP contribution in [0.1, 0.15) is 45.9 Å². The van der Waals surface area contributed by atoms with Crippen LogP contribution in [-0.4, -0.2) is 54.9 Å². The lowest BCUT2D eigenvalue weighted by Crippen LogP contribution is -2.38. The molecule has 2 unspecified atom stereocenters. The summed E-state index contributed by atoms with van der Waals surface area (Å²) in [7, 11) is 6.72. The molecule has 3 aromatic rings. The molecule has 296 valence electrons. The Morgan fingerprint density at radius 3 is 1.15 bits per heavy atom. The van der Waals surface area contributed by atoms with E-state index in [2.05, 4.69) is 0 Å². The maximum atomic E-state index is 14.0. The van der Waals surface area contributed by atoms with E-state index >= 15 is 0 Å². The van der Waals surface area contributed by atoms with Gasteiger partial charge in [0.2, 0.25) is 5.75 Å². The highest BCUT2D eigenvalue weighted by atomic mass is 19.4. The Labute approximate surface area is 300 Å². The first-order valence-electron chi connectivity index (χ1n) is 15.4. The number of alkyl halides is 12. The smallest absolute Gasteiger partial charge is 0.416 e. The Morgan fingerprint density at radius 1 is 0.444 bits per heavy atom. The monoisotopic (exact) mass is 788 g/mol. The van der Waals surface area contributed by atoms with E-state index < -0.39 is 70.3 Å². The summed E-state index contributed by atoms with van der Waals surface area (Å²) in [4.78, 5) is 0. The molecule has 0 bridgehead atoms. The van der Waals surface area contributed by atoms with Crippen LogP contribution in [0.4, 0.5) is 52.7 Å². The van der Waals surface area contributed by atoms with E-state index in [1.807, 2.05) is 0 Å². The summed E-state index contributed by atoms with van der Waals surface area (Å²) in [5, 5.41) is 0. The first-order chi connectivity index (χ1) is 24.9. The van der Waals surface area contributed by atoms with Gasteiger partial charge < -0.3 is 28.4 Å². The predicted octanol–water partition coefficient (Wildman–Crippen LogP) is 10.6. The molecule has 0 aliphatic heterocycles.